The number of hydrogen-bond acceptors (Lipinski definition) is 2. The van der Waals surface area contributed by atoms with Gasteiger partial charge >= 0.3 is 0 Å². The van der Waals surface area contributed by atoms with Crippen LogP contribution in [0.25, 0.3) is 0 Å². The Morgan fingerprint density at radius 2 is 2.21 bits per heavy atom. The monoisotopic (exact) mass is 262 g/mol. The first-order valence-electron chi connectivity index (χ1n) is 6.95. The molecule has 0 radical (unpaired) electrons. The molecule has 1 saturated carbocycles. The number of amides is 1. The van der Waals surface area contributed by atoms with Gasteiger partial charge in [-0.3, -0.25) is 10.1 Å². The normalized spacial score (nSPS) is 31.2. The van der Waals surface area contributed by atoms with Gasteiger partial charge in [0.2, 0.25) is 5.91 Å². The van der Waals surface area contributed by atoms with Gasteiger partial charge in [-0.1, -0.05) is 19.1 Å². The van der Waals surface area contributed by atoms with E-state index in [1.807, 2.05) is 11.0 Å². The van der Waals surface area contributed by atoms with Crippen molar-refractivity contribution in [3.05, 3.63) is 35.6 Å². The zero-order chi connectivity index (χ0) is 13.4. The van der Waals surface area contributed by atoms with Crippen LogP contribution in [0.15, 0.2) is 24.3 Å². The molecule has 1 aromatic carbocycles. The van der Waals surface area contributed by atoms with E-state index in [4.69, 9.17) is 0 Å². The molecule has 0 bridgehead atoms. The van der Waals surface area contributed by atoms with Crippen molar-refractivity contribution in [3.8, 4) is 0 Å². The lowest BCUT2D eigenvalue weighted by atomic mass is 10.1. The van der Waals surface area contributed by atoms with Crippen LogP contribution in [0.1, 0.15) is 37.9 Å². The molecular formula is C15H19FN2O. The Morgan fingerprint density at radius 3 is 2.89 bits per heavy atom. The zero-order valence-electron chi connectivity index (χ0n) is 11.1. The highest BCUT2D eigenvalue weighted by Crippen LogP contribution is 2.35. The number of rotatable bonds is 2. The van der Waals surface area contributed by atoms with E-state index in [-0.39, 0.29) is 17.9 Å². The van der Waals surface area contributed by atoms with Gasteiger partial charge < -0.3 is 4.90 Å². The topological polar surface area (TPSA) is 32.3 Å². The minimum Gasteiger partial charge on any atom is -0.319 e. The number of hydrogen-bond donors (Lipinski definition) is 1. The number of nitrogens with one attached hydrogen (secondary N) is 1. The van der Waals surface area contributed by atoms with Crippen molar-refractivity contribution in [1.82, 2.24) is 10.2 Å². The van der Waals surface area contributed by atoms with Crippen molar-refractivity contribution in [1.29, 1.82) is 0 Å². The van der Waals surface area contributed by atoms with Crippen LogP contribution < -0.4 is 5.32 Å². The molecule has 3 rings (SSSR count). The lowest BCUT2D eigenvalue weighted by molar-refractivity contribution is -0.130. The summed E-state index contributed by atoms with van der Waals surface area (Å²) in [6, 6.07) is 6.82. The van der Waals surface area contributed by atoms with E-state index in [0.29, 0.717) is 18.5 Å². The standard InChI is InChI=1S/C15H19FN2O/c1-10-5-6-13(7-10)18-14(19)9-17-15(18)11-3-2-4-12(16)8-11/h2-4,8,10,13,15,17H,5-7,9H2,1H3. The molecule has 0 aromatic heterocycles. The molecule has 19 heavy (non-hydrogen) atoms. The summed E-state index contributed by atoms with van der Waals surface area (Å²) in [6.07, 6.45) is 3.11. The molecule has 1 heterocycles. The Morgan fingerprint density at radius 1 is 1.37 bits per heavy atom. The van der Waals surface area contributed by atoms with Gasteiger partial charge in [-0.2, -0.15) is 0 Å². The van der Waals surface area contributed by atoms with Crippen molar-refractivity contribution in [3.63, 3.8) is 0 Å². The Labute approximate surface area is 112 Å². The van der Waals surface area contributed by atoms with E-state index in [9.17, 15) is 9.18 Å². The van der Waals surface area contributed by atoms with Crippen LogP contribution >= 0.6 is 0 Å². The first-order chi connectivity index (χ1) is 9.15. The first kappa shape index (κ1) is 12.6. The SMILES string of the molecule is CC1CCC(N2C(=O)CNC2c2cccc(F)c2)C1. The fourth-order valence-corrected chi connectivity index (χ4v) is 3.32. The van der Waals surface area contributed by atoms with E-state index in [1.165, 1.54) is 18.6 Å². The highest BCUT2D eigenvalue weighted by molar-refractivity contribution is 5.81. The average molecular weight is 262 g/mol. The fraction of sp³-hybridized carbons (Fsp3) is 0.533. The molecule has 1 aliphatic carbocycles. The van der Waals surface area contributed by atoms with Crippen LogP contribution in [0.4, 0.5) is 4.39 Å². The lowest BCUT2D eigenvalue weighted by Crippen LogP contribution is -2.38. The minimum atomic E-state index is -0.251. The number of carbonyl (C=O) groups is 1. The molecule has 1 N–H and O–H groups in total. The van der Waals surface area contributed by atoms with Crippen LogP contribution in [0, 0.1) is 11.7 Å². The molecule has 3 unspecified atom stereocenters. The molecular weight excluding hydrogens is 243 g/mol. The molecule has 102 valence electrons. The molecule has 1 aromatic rings. The highest BCUT2D eigenvalue weighted by Gasteiger charge is 2.39. The maximum atomic E-state index is 13.4. The van der Waals surface area contributed by atoms with Crippen molar-refractivity contribution >= 4 is 5.91 Å². The summed E-state index contributed by atoms with van der Waals surface area (Å²) in [6.45, 7) is 2.58. The number of benzene rings is 1. The predicted octanol–water partition coefficient (Wildman–Crippen LogP) is 2.44. The summed E-state index contributed by atoms with van der Waals surface area (Å²) in [5, 5.41) is 3.20. The van der Waals surface area contributed by atoms with Crippen LogP contribution in [-0.2, 0) is 4.79 Å². The first-order valence-corrected chi connectivity index (χ1v) is 6.95. The summed E-state index contributed by atoms with van der Waals surface area (Å²) in [7, 11) is 0. The number of carbonyl (C=O) groups excluding carboxylic acids is 1. The maximum Gasteiger partial charge on any atom is 0.238 e. The quantitative estimate of drug-likeness (QED) is 0.888. The molecule has 1 amide bonds. The number of halogens is 1. The van der Waals surface area contributed by atoms with Gasteiger partial charge in [-0.15, -0.1) is 0 Å². The molecule has 3 atom stereocenters. The average Bonchev–Trinajstić information content (AvgIpc) is 2.95. The molecule has 2 fully saturated rings. The third kappa shape index (κ3) is 2.37. The van der Waals surface area contributed by atoms with Crippen LogP contribution in [0.2, 0.25) is 0 Å². The third-order valence-corrected chi connectivity index (χ3v) is 4.24. The molecule has 1 saturated heterocycles. The third-order valence-electron chi connectivity index (χ3n) is 4.24. The molecule has 0 spiro atoms. The van der Waals surface area contributed by atoms with Gasteiger partial charge in [0.25, 0.3) is 0 Å². The summed E-state index contributed by atoms with van der Waals surface area (Å²) >= 11 is 0. The largest absolute Gasteiger partial charge is 0.319 e. The van der Waals surface area contributed by atoms with Crippen molar-refractivity contribution < 1.29 is 9.18 Å². The van der Waals surface area contributed by atoms with Crippen LogP contribution in [0.3, 0.4) is 0 Å². The Hall–Kier alpha value is -1.42. The minimum absolute atomic E-state index is 0.133. The molecule has 4 heteroatoms. The molecule has 2 aliphatic rings. The summed E-state index contributed by atoms with van der Waals surface area (Å²) in [5.74, 6) is 0.554. The Bertz CT molecular complexity index is 491. The fourth-order valence-electron chi connectivity index (χ4n) is 3.32. The predicted molar refractivity (Wildman–Crippen MR) is 70.8 cm³/mol. The van der Waals surface area contributed by atoms with Crippen molar-refractivity contribution in [2.75, 3.05) is 6.54 Å². The lowest BCUT2D eigenvalue weighted by Gasteiger charge is -2.30. The smallest absolute Gasteiger partial charge is 0.238 e. The van der Waals surface area contributed by atoms with Gasteiger partial charge in [0.1, 0.15) is 12.0 Å². The van der Waals surface area contributed by atoms with E-state index in [1.54, 1.807) is 6.07 Å². The van der Waals surface area contributed by atoms with E-state index in [0.717, 1.165) is 18.4 Å². The van der Waals surface area contributed by atoms with Gasteiger partial charge in [0, 0.05) is 6.04 Å². The summed E-state index contributed by atoms with van der Waals surface area (Å²) in [4.78, 5) is 14.0. The second kappa shape index (κ2) is 4.93. The summed E-state index contributed by atoms with van der Waals surface area (Å²) in [5.41, 5.74) is 0.838. The Balaban J connectivity index is 1.86. The second-order valence-electron chi connectivity index (χ2n) is 5.71. The van der Waals surface area contributed by atoms with Gasteiger partial charge in [-0.25, -0.2) is 4.39 Å². The highest BCUT2D eigenvalue weighted by atomic mass is 19.1. The number of nitrogens with zero attached hydrogens (tertiary/aromatic N) is 1. The van der Waals surface area contributed by atoms with Gasteiger partial charge in [0.15, 0.2) is 0 Å². The summed E-state index contributed by atoms with van der Waals surface area (Å²) < 4.78 is 13.4. The molecule has 3 nitrogen and oxygen atoms in total. The van der Waals surface area contributed by atoms with Crippen molar-refractivity contribution in [2.24, 2.45) is 5.92 Å². The van der Waals surface area contributed by atoms with Crippen LogP contribution in [0.5, 0.6) is 0 Å². The van der Waals surface area contributed by atoms with E-state index in [2.05, 4.69) is 12.2 Å². The Kier molecular flexibility index (Phi) is 3.27. The van der Waals surface area contributed by atoms with Crippen LogP contribution in [-0.4, -0.2) is 23.4 Å². The maximum absolute atomic E-state index is 13.4. The molecule has 1 aliphatic heterocycles. The zero-order valence-corrected chi connectivity index (χ0v) is 11.1. The van der Waals surface area contributed by atoms with Gasteiger partial charge in [0.05, 0.1) is 6.54 Å². The van der Waals surface area contributed by atoms with E-state index < -0.39 is 0 Å². The van der Waals surface area contributed by atoms with E-state index >= 15 is 0 Å². The second-order valence-corrected chi connectivity index (χ2v) is 5.71. The van der Waals surface area contributed by atoms with Crippen molar-refractivity contribution in [2.45, 2.75) is 38.4 Å². The van der Waals surface area contributed by atoms with Gasteiger partial charge in [-0.05, 0) is 42.9 Å².